The third kappa shape index (κ3) is 0.521. The maximum Gasteiger partial charge on any atom is -0.0321 e. The molecule has 0 heteroatoms. The van der Waals surface area contributed by atoms with Gasteiger partial charge in [-0.05, 0) is 79.4 Å². The van der Waals surface area contributed by atoms with Gasteiger partial charge < -0.3 is 0 Å². The van der Waals surface area contributed by atoms with Gasteiger partial charge in [0.25, 0.3) is 0 Å². The van der Waals surface area contributed by atoms with Crippen LogP contribution < -0.4 is 0 Å². The molecular weight excluding hydrogens is 156 g/mol. The molecule has 0 amide bonds. The van der Waals surface area contributed by atoms with Gasteiger partial charge in [0.2, 0.25) is 0 Å². The molecule has 0 aliphatic heterocycles. The molecule has 5 aliphatic rings. The van der Waals surface area contributed by atoms with Crippen LogP contribution in [0.5, 0.6) is 0 Å². The summed E-state index contributed by atoms with van der Waals surface area (Å²) in [5.41, 5.74) is 0. The molecule has 0 aromatic rings. The van der Waals surface area contributed by atoms with Gasteiger partial charge in [-0.25, -0.2) is 0 Å². The Hall–Kier alpha value is 0. The number of hydrogen-bond donors (Lipinski definition) is 0. The highest BCUT2D eigenvalue weighted by Crippen LogP contribution is 2.74. The van der Waals surface area contributed by atoms with Crippen molar-refractivity contribution in [2.45, 2.75) is 32.1 Å². The van der Waals surface area contributed by atoms with Gasteiger partial charge in [0.1, 0.15) is 0 Å². The molecule has 8 atom stereocenters. The van der Waals surface area contributed by atoms with Crippen molar-refractivity contribution in [1.29, 1.82) is 0 Å². The fourth-order valence-corrected chi connectivity index (χ4v) is 6.84. The van der Waals surface area contributed by atoms with E-state index in [1.807, 2.05) is 0 Å². The quantitative estimate of drug-likeness (QED) is 0.529. The van der Waals surface area contributed by atoms with Crippen LogP contribution in [0.2, 0.25) is 0 Å². The van der Waals surface area contributed by atoms with Crippen molar-refractivity contribution in [1.82, 2.24) is 0 Å². The zero-order valence-corrected chi connectivity index (χ0v) is 8.15. The van der Waals surface area contributed by atoms with Gasteiger partial charge in [-0.2, -0.15) is 0 Å². The molecule has 5 bridgehead atoms. The Morgan fingerprint density at radius 2 is 1.08 bits per heavy atom. The average molecular weight is 174 g/mol. The summed E-state index contributed by atoms with van der Waals surface area (Å²) in [4.78, 5) is 0. The molecule has 5 saturated carbocycles. The fourth-order valence-electron chi connectivity index (χ4n) is 6.84. The third-order valence-corrected chi connectivity index (χ3v) is 6.69. The van der Waals surface area contributed by atoms with E-state index in [9.17, 15) is 0 Å². The minimum Gasteiger partial charge on any atom is -0.0470 e. The molecule has 0 aromatic heterocycles. The molecule has 5 fully saturated rings. The Kier molecular flexibility index (Phi) is 0.860. The van der Waals surface area contributed by atoms with Gasteiger partial charge in [0.15, 0.2) is 0 Å². The molecule has 0 aromatic carbocycles. The van der Waals surface area contributed by atoms with Crippen LogP contribution in [-0.2, 0) is 0 Å². The minimum absolute atomic E-state index is 1.21. The van der Waals surface area contributed by atoms with Crippen LogP contribution in [0.4, 0.5) is 0 Å². The lowest BCUT2D eigenvalue weighted by atomic mass is 9.61. The highest BCUT2D eigenvalue weighted by atomic mass is 14.7. The van der Waals surface area contributed by atoms with Crippen molar-refractivity contribution in [3.63, 3.8) is 0 Å². The van der Waals surface area contributed by atoms with Crippen LogP contribution in [0.3, 0.4) is 0 Å². The molecule has 0 N–H and O–H groups in total. The van der Waals surface area contributed by atoms with Crippen molar-refractivity contribution < 1.29 is 0 Å². The summed E-state index contributed by atoms with van der Waals surface area (Å²) in [5.74, 6) is 9.85. The second-order valence-electron chi connectivity index (χ2n) is 6.70. The molecule has 5 rings (SSSR count). The van der Waals surface area contributed by atoms with Crippen molar-refractivity contribution in [2.24, 2.45) is 47.3 Å². The van der Waals surface area contributed by atoms with Gasteiger partial charge in [-0.3, -0.25) is 0 Å². The number of rotatable bonds is 0. The topological polar surface area (TPSA) is 0 Å². The molecule has 0 spiro atoms. The molecule has 0 radical (unpaired) electrons. The summed E-state index contributed by atoms with van der Waals surface area (Å²) >= 11 is 0. The van der Waals surface area contributed by atoms with Crippen molar-refractivity contribution in [2.75, 3.05) is 0 Å². The van der Waals surface area contributed by atoms with Crippen LogP contribution in [0.1, 0.15) is 32.1 Å². The Balaban J connectivity index is 1.80. The lowest BCUT2D eigenvalue weighted by Crippen LogP contribution is -2.37. The summed E-state index contributed by atoms with van der Waals surface area (Å²) in [7, 11) is 0. The number of fused-ring (bicyclic) bond motifs is 6. The average Bonchev–Trinajstić information content (AvgIpc) is 2.74. The molecule has 0 heterocycles. The molecule has 70 valence electrons. The lowest BCUT2D eigenvalue weighted by Gasteiger charge is -2.43. The molecule has 5 aliphatic carbocycles. The summed E-state index contributed by atoms with van der Waals surface area (Å²) < 4.78 is 0. The minimum atomic E-state index is 1.21. The van der Waals surface area contributed by atoms with E-state index < -0.39 is 0 Å². The van der Waals surface area contributed by atoms with Crippen LogP contribution in [0, 0.1) is 47.3 Å². The maximum atomic E-state index is 1.67. The van der Waals surface area contributed by atoms with E-state index in [1.165, 1.54) is 47.3 Å². The Morgan fingerprint density at radius 3 is 2.00 bits per heavy atom. The molecule has 0 saturated heterocycles. The smallest absolute Gasteiger partial charge is 0.0321 e. The molecular formula is C13H18. The first-order chi connectivity index (χ1) is 6.42. The van der Waals surface area contributed by atoms with Crippen LogP contribution in [-0.4, -0.2) is 0 Å². The van der Waals surface area contributed by atoms with E-state index >= 15 is 0 Å². The summed E-state index contributed by atoms with van der Waals surface area (Å²) in [6, 6.07) is 0. The van der Waals surface area contributed by atoms with Crippen LogP contribution in [0.25, 0.3) is 0 Å². The lowest BCUT2D eigenvalue weighted by molar-refractivity contribution is 0.0524. The predicted molar refractivity (Wildman–Crippen MR) is 51.0 cm³/mol. The largest absolute Gasteiger partial charge is 0.0470 e. The van der Waals surface area contributed by atoms with Gasteiger partial charge in [-0.15, -0.1) is 0 Å². The van der Waals surface area contributed by atoms with E-state index in [0.29, 0.717) is 0 Å². The van der Waals surface area contributed by atoms with E-state index in [2.05, 4.69) is 0 Å². The van der Waals surface area contributed by atoms with Crippen molar-refractivity contribution >= 4 is 0 Å². The monoisotopic (exact) mass is 174 g/mol. The first-order valence-electron chi connectivity index (χ1n) is 6.42. The SMILES string of the molecule is C1C2CC3CC1C1C4CC2C(C4)C31. The predicted octanol–water partition coefficient (Wildman–Crippen LogP) is 2.93. The van der Waals surface area contributed by atoms with E-state index in [1.54, 1.807) is 32.1 Å². The Labute approximate surface area is 80.1 Å². The van der Waals surface area contributed by atoms with E-state index in [0.717, 1.165) is 0 Å². The zero-order chi connectivity index (χ0) is 8.15. The first kappa shape index (κ1) is 6.48. The highest BCUT2D eigenvalue weighted by Gasteiger charge is 2.67. The zero-order valence-electron chi connectivity index (χ0n) is 8.15. The van der Waals surface area contributed by atoms with Gasteiger partial charge >= 0.3 is 0 Å². The summed E-state index contributed by atoms with van der Waals surface area (Å²) in [6.45, 7) is 0. The Morgan fingerprint density at radius 1 is 0.462 bits per heavy atom. The van der Waals surface area contributed by atoms with Gasteiger partial charge in [-0.1, -0.05) is 0 Å². The van der Waals surface area contributed by atoms with Crippen molar-refractivity contribution in [3.8, 4) is 0 Å². The summed E-state index contributed by atoms with van der Waals surface area (Å²) in [6.07, 6.45) is 8.32. The normalized spacial score (nSPS) is 75.7. The number of hydrogen-bond acceptors (Lipinski definition) is 0. The van der Waals surface area contributed by atoms with E-state index in [4.69, 9.17) is 0 Å². The molecule has 8 unspecified atom stereocenters. The van der Waals surface area contributed by atoms with Gasteiger partial charge in [0, 0.05) is 0 Å². The standard InChI is InChI=1S/C13H18/c1-6-2-8-3-7(1)12-9-4-10(6)11(5-9)13(8)12/h6-13H,1-5H2. The van der Waals surface area contributed by atoms with Crippen molar-refractivity contribution in [3.05, 3.63) is 0 Å². The molecule has 13 heavy (non-hydrogen) atoms. The van der Waals surface area contributed by atoms with Crippen LogP contribution >= 0.6 is 0 Å². The highest BCUT2D eigenvalue weighted by molar-refractivity contribution is 5.16. The fraction of sp³-hybridized carbons (Fsp3) is 1.00. The maximum absolute atomic E-state index is 1.67. The summed E-state index contributed by atoms with van der Waals surface area (Å²) in [5, 5.41) is 0. The second-order valence-corrected chi connectivity index (χ2v) is 6.70. The third-order valence-electron chi connectivity index (χ3n) is 6.69. The second kappa shape index (κ2) is 1.73. The van der Waals surface area contributed by atoms with E-state index in [-0.39, 0.29) is 0 Å². The van der Waals surface area contributed by atoms with Crippen LogP contribution in [0.15, 0.2) is 0 Å². The van der Waals surface area contributed by atoms with Gasteiger partial charge in [0.05, 0.1) is 0 Å². The first-order valence-corrected chi connectivity index (χ1v) is 6.42. The Bertz CT molecular complexity index is 274. The molecule has 0 nitrogen and oxygen atoms in total.